The molecule has 0 spiro atoms. The van der Waals surface area contributed by atoms with Crippen LogP contribution in [0.4, 0.5) is 0 Å². The topological polar surface area (TPSA) is 67.2 Å². The molecular weight excluding hydrogens is 448 g/mol. The summed E-state index contributed by atoms with van der Waals surface area (Å²) < 4.78 is 1.87. The maximum absolute atomic E-state index is 13.4. The predicted octanol–water partition coefficient (Wildman–Crippen LogP) is 4.91. The Morgan fingerprint density at radius 2 is 1.76 bits per heavy atom. The van der Waals surface area contributed by atoms with Gasteiger partial charge >= 0.3 is 0 Å². The van der Waals surface area contributed by atoms with Crippen molar-refractivity contribution in [3.63, 3.8) is 0 Å². The van der Waals surface area contributed by atoms with Gasteiger partial charge in [0.15, 0.2) is 0 Å². The average molecular weight is 479 g/mol. The molecule has 1 heterocycles. The average Bonchev–Trinajstić information content (AvgIpc) is 3.49. The fraction of sp³-hybridized carbons (Fsp3) is 0.370. The highest BCUT2D eigenvalue weighted by atomic mass is 35.5. The van der Waals surface area contributed by atoms with Crippen LogP contribution in [0.15, 0.2) is 60.8 Å². The molecule has 4 rings (SSSR count). The third-order valence-corrected chi connectivity index (χ3v) is 6.82. The zero-order chi connectivity index (χ0) is 24.1. The second kappa shape index (κ2) is 10.9. The highest BCUT2D eigenvalue weighted by Crippen LogP contribution is 2.29. The van der Waals surface area contributed by atoms with Gasteiger partial charge in [0.1, 0.15) is 6.04 Å². The highest BCUT2D eigenvalue weighted by molar-refractivity contribution is 6.31. The zero-order valence-corrected chi connectivity index (χ0v) is 20.5. The number of carbonyl (C=O) groups is 2. The van der Waals surface area contributed by atoms with Gasteiger partial charge in [0.05, 0.1) is 12.2 Å². The Morgan fingerprint density at radius 3 is 2.44 bits per heavy atom. The summed E-state index contributed by atoms with van der Waals surface area (Å²) in [5.41, 5.74) is 3.76. The van der Waals surface area contributed by atoms with Gasteiger partial charge in [0.25, 0.3) is 0 Å². The van der Waals surface area contributed by atoms with Gasteiger partial charge in [-0.25, -0.2) is 0 Å². The minimum absolute atomic E-state index is 0.0556. The molecule has 178 valence electrons. The second-order valence-electron chi connectivity index (χ2n) is 9.07. The monoisotopic (exact) mass is 478 g/mol. The van der Waals surface area contributed by atoms with Crippen LogP contribution in [-0.4, -0.2) is 39.6 Å². The van der Waals surface area contributed by atoms with Crippen molar-refractivity contribution in [2.75, 3.05) is 7.05 Å². The van der Waals surface area contributed by atoms with Crippen LogP contribution in [0.3, 0.4) is 0 Å². The number of carbonyl (C=O) groups excluding carboxylic acids is 2. The van der Waals surface area contributed by atoms with E-state index in [-0.39, 0.29) is 17.7 Å². The number of likely N-dealkylation sites (N-methyl/N-ethyl adjacent to an activating group) is 1. The van der Waals surface area contributed by atoms with E-state index in [1.165, 1.54) is 6.92 Å². The number of aromatic nitrogens is 2. The van der Waals surface area contributed by atoms with Crippen LogP contribution in [0.25, 0.3) is 11.3 Å². The van der Waals surface area contributed by atoms with Gasteiger partial charge < -0.3 is 10.2 Å². The number of benzene rings is 2. The molecule has 0 aliphatic heterocycles. The second-order valence-corrected chi connectivity index (χ2v) is 9.48. The van der Waals surface area contributed by atoms with E-state index in [1.54, 1.807) is 11.9 Å². The van der Waals surface area contributed by atoms with Gasteiger partial charge in [-0.05, 0) is 30.4 Å². The van der Waals surface area contributed by atoms with E-state index < -0.39 is 6.04 Å². The van der Waals surface area contributed by atoms with Gasteiger partial charge in [0.2, 0.25) is 11.8 Å². The van der Waals surface area contributed by atoms with Crippen molar-refractivity contribution in [2.45, 2.75) is 51.7 Å². The predicted molar refractivity (Wildman–Crippen MR) is 134 cm³/mol. The molecule has 6 nitrogen and oxygen atoms in total. The SMILES string of the molecule is CC(=O)NC(C(=O)N(C)Cc1cn(Cc2ccccc2Cl)nc1-c1ccccc1)C1CCCC1. The first-order chi connectivity index (χ1) is 16.4. The Bertz CT molecular complexity index is 1140. The molecule has 1 unspecified atom stereocenters. The standard InChI is InChI=1S/C27H31ClN4O2/c1-19(33)29-26(21-12-6-7-13-21)27(34)31(2)16-23-18-32(17-22-14-8-9-15-24(22)28)30-25(23)20-10-4-3-5-11-20/h3-5,8-11,14-15,18,21,26H,6-7,12-13,16-17H2,1-2H3,(H,29,33). The number of hydrogen-bond donors (Lipinski definition) is 1. The molecule has 1 aliphatic rings. The Balaban J connectivity index is 1.60. The van der Waals surface area contributed by atoms with E-state index >= 15 is 0 Å². The first kappa shape index (κ1) is 24.0. The summed E-state index contributed by atoms with van der Waals surface area (Å²) in [4.78, 5) is 27.0. The number of halogens is 1. The Hall–Kier alpha value is -3.12. The molecule has 2 amide bonds. The third-order valence-electron chi connectivity index (χ3n) is 6.45. The lowest BCUT2D eigenvalue weighted by atomic mass is 9.96. The molecule has 3 aromatic rings. The molecule has 1 aromatic heterocycles. The van der Waals surface area contributed by atoms with E-state index in [1.807, 2.05) is 65.5 Å². The molecule has 7 heteroatoms. The first-order valence-electron chi connectivity index (χ1n) is 11.8. The maximum atomic E-state index is 13.4. The van der Waals surface area contributed by atoms with Crippen LogP contribution in [-0.2, 0) is 22.7 Å². The van der Waals surface area contributed by atoms with Crippen molar-refractivity contribution in [3.05, 3.63) is 76.9 Å². The highest BCUT2D eigenvalue weighted by Gasteiger charge is 2.33. The smallest absolute Gasteiger partial charge is 0.245 e. The molecule has 1 N–H and O–H groups in total. The largest absolute Gasteiger partial charge is 0.344 e. The lowest BCUT2D eigenvalue weighted by Gasteiger charge is -2.28. The number of amides is 2. The maximum Gasteiger partial charge on any atom is 0.245 e. The molecule has 1 atom stereocenters. The summed E-state index contributed by atoms with van der Waals surface area (Å²) in [7, 11) is 1.80. The van der Waals surface area contributed by atoms with E-state index in [0.29, 0.717) is 18.1 Å². The van der Waals surface area contributed by atoms with Crippen molar-refractivity contribution in [1.29, 1.82) is 0 Å². The van der Waals surface area contributed by atoms with Crippen LogP contribution in [0.2, 0.25) is 5.02 Å². The van der Waals surface area contributed by atoms with E-state index in [9.17, 15) is 9.59 Å². The summed E-state index contributed by atoms with van der Waals surface area (Å²) in [6.45, 7) is 2.41. The van der Waals surface area contributed by atoms with Crippen molar-refractivity contribution >= 4 is 23.4 Å². The van der Waals surface area contributed by atoms with Gasteiger partial charge in [-0.3, -0.25) is 14.3 Å². The molecule has 0 saturated heterocycles. The molecule has 34 heavy (non-hydrogen) atoms. The summed E-state index contributed by atoms with van der Waals surface area (Å²) in [5, 5.41) is 8.46. The van der Waals surface area contributed by atoms with Gasteiger partial charge in [0, 0.05) is 42.9 Å². The zero-order valence-electron chi connectivity index (χ0n) is 19.7. The molecular formula is C27H31ClN4O2. The fourth-order valence-electron chi connectivity index (χ4n) is 4.76. The molecule has 1 aliphatic carbocycles. The number of nitrogens with one attached hydrogen (secondary N) is 1. The van der Waals surface area contributed by atoms with Gasteiger partial charge in [-0.15, -0.1) is 0 Å². The third kappa shape index (κ3) is 5.68. The number of rotatable bonds is 8. The number of nitrogens with zero attached hydrogens (tertiary/aromatic N) is 3. The van der Waals surface area contributed by atoms with Gasteiger partial charge in [-0.2, -0.15) is 5.10 Å². The Morgan fingerprint density at radius 1 is 1.09 bits per heavy atom. The summed E-state index contributed by atoms with van der Waals surface area (Å²) in [6.07, 6.45) is 6.12. The Labute approximate surface area is 205 Å². The van der Waals surface area contributed by atoms with Crippen molar-refractivity contribution in [2.24, 2.45) is 5.92 Å². The van der Waals surface area contributed by atoms with Crippen LogP contribution in [0.5, 0.6) is 0 Å². The van der Waals surface area contributed by atoms with Crippen LogP contribution < -0.4 is 5.32 Å². The van der Waals surface area contributed by atoms with Crippen LogP contribution >= 0.6 is 11.6 Å². The summed E-state index contributed by atoms with van der Waals surface area (Å²) >= 11 is 6.37. The molecule has 0 radical (unpaired) electrons. The Kier molecular flexibility index (Phi) is 7.68. The molecule has 1 saturated carbocycles. The van der Waals surface area contributed by atoms with Crippen molar-refractivity contribution in [3.8, 4) is 11.3 Å². The minimum atomic E-state index is -0.483. The molecule has 1 fully saturated rings. The van der Waals surface area contributed by atoms with E-state index in [4.69, 9.17) is 16.7 Å². The number of hydrogen-bond acceptors (Lipinski definition) is 3. The normalized spacial score (nSPS) is 14.7. The quantitative estimate of drug-likeness (QED) is 0.500. The lowest BCUT2D eigenvalue weighted by molar-refractivity contribution is -0.136. The van der Waals surface area contributed by atoms with Gasteiger partial charge in [-0.1, -0.05) is 73.0 Å². The van der Waals surface area contributed by atoms with Crippen LogP contribution in [0.1, 0.15) is 43.7 Å². The van der Waals surface area contributed by atoms with Crippen molar-refractivity contribution < 1.29 is 9.59 Å². The summed E-state index contributed by atoms with van der Waals surface area (Å²) in [6, 6.07) is 17.2. The summed E-state index contributed by atoms with van der Waals surface area (Å²) in [5.74, 6) is -0.0356. The van der Waals surface area contributed by atoms with Crippen molar-refractivity contribution in [1.82, 2.24) is 20.0 Å². The molecule has 0 bridgehead atoms. The molecule has 2 aromatic carbocycles. The van der Waals surface area contributed by atoms with E-state index in [0.717, 1.165) is 48.1 Å². The fourth-order valence-corrected chi connectivity index (χ4v) is 4.96. The lowest BCUT2D eigenvalue weighted by Crippen LogP contribution is -2.50. The first-order valence-corrected chi connectivity index (χ1v) is 12.2. The minimum Gasteiger partial charge on any atom is -0.344 e. The van der Waals surface area contributed by atoms with Crippen LogP contribution in [0, 0.1) is 5.92 Å². The van der Waals surface area contributed by atoms with E-state index in [2.05, 4.69) is 5.32 Å².